The summed E-state index contributed by atoms with van der Waals surface area (Å²) in [6.07, 6.45) is 12.1. The number of esters is 2. The predicted octanol–water partition coefficient (Wildman–Crippen LogP) is 7.71. The summed E-state index contributed by atoms with van der Waals surface area (Å²) in [5, 5.41) is 43.9. The van der Waals surface area contributed by atoms with Crippen LogP contribution >= 0.6 is 7.82 Å². The third-order valence-corrected chi connectivity index (χ3v) is 13.0. The molecule has 0 unspecified atom stereocenters. The summed E-state index contributed by atoms with van der Waals surface area (Å²) in [6, 6.07) is -1.48. The average molecular weight is 968 g/mol. The van der Waals surface area contributed by atoms with Crippen LogP contribution in [0.2, 0.25) is 0 Å². The second-order valence-electron chi connectivity index (χ2n) is 18.4. The Morgan fingerprint density at radius 3 is 1.36 bits per heavy atom. The Labute approximate surface area is 395 Å². The van der Waals surface area contributed by atoms with Gasteiger partial charge >= 0.3 is 19.8 Å². The number of hydrogen-bond donors (Lipinski definition) is 7. The van der Waals surface area contributed by atoms with Gasteiger partial charge in [0.15, 0.2) is 12.4 Å². The SMILES string of the molecule is CCCCCCCCCCCC(=O)N[C@H]1[C@H](OC(=O)CCCCCCCCCCC)O[C@H](CO[C@H]2O[C@H](CO)[C@H](O)[C@H](O)[C@H]2O)[C@@H](OP(=O)(O)O)[C@@H]1OC(=O)CCCCCCCCCCC. The molecule has 0 bridgehead atoms. The molecule has 7 N–H and O–H groups in total. The van der Waals surface area contributed by atoms with Crippen LogP contribution in [0.1, 0.15) is 213 Å². The van der Waals surface area contributed by atoms with Crippen molar-refractivity contribution in [1.82, 2.24) is 5.32 Å². The summed E-state index contributed by atoms with van der Waals surface area (Å²) in [4.78, 5) is 61.2. The summed E-state index contributed by atoms with van der Waals surface area (Å²) in [6.45, 7) is 5.05. The first-order valence-electron chi connectivity index (χ1n) is 25.8. The van der Waals surface area contributed by atoms with Crippen LogP contribution in [0.25, 0.3) is 0 Å². The second kappa shape index (κ2) is 36.2. The van der Waals surface area contributed by atoms with Crippen LogP contribution in [-0.2, 0) is 47.2 Å². The highest BCUT2D eigenvalue weighted by atomic mass is 31.2. The molecule has 17 nitrogen and oxygen atoms in total. The van der Waals surface area contributed by atoms with Crippen molar-refractivity contribution in [2.75, 3.05) is 13.2 Å². The highest BCUT2D eigenvalue weighted by Crippen LogP contribution is 2.43. The standard InChI is InChI=1S/C48H90NO16P/c1-4-7-10-13-16-19-22-25-28-31-38(51)49-41-46(63-39(52)32-29-26-23-20-17-14-11-8-5-2)45(65-66(57,58)59)37(35-60-48-44(56)43(55)42(54)36(34-50)61-48)62-47(41)64-40(53)33-30-27-24-21-18-15-12-9-6-3/h36-37,41-48,50,54-56H,4-35H2,1-3H3,(H,49,51)(H2,57,58,59)/t36-,37-,41-,42+,43+,44-,45-,46-,47+,48+/m1/s1. The first-order chi connectivity index (χ1) is 31.8. The molecule has 0 aromatic rings. The molecule has 2 aliphatic rings. The van der Waals surface area contributed by atoms with Gasteiger partial charge in [-0.25, -0.2) is 4.57 Å². The molecule has 0 aromatic heterocycles. The summed E-state index contributed by atoms with van der Waals surface area (Å²) in [5.74, 6) is -1.91. The van der Waals surface area contributed by atoms with E-state index in [2.05, 4.69) is 26.1 Å². The number of aliphatic hydroxyl groups is 4. The molecule has 66 heavy (non-hydrogen) atoms. The number of phosphoric ester groups is 1. The monoisotopic (exact) mass is 968 g/mol. The smallest absolute Gasteiger partial charge is 0.457 e. The fourth-order valence-electron chi connectivity index (χ4n) is 8.53. The minimum Gasteiger partial charge on any atom is -0.457 e. The molecule has 10 atom stereocenters. The number of rotatable bonds is 39. The predicted molar refractivity (Wildman–Crippen MR) is 249 cm³/mol. The Balaban J connectivity index is 2.36. The molecule has 388 valence electrons. The maximum absolute atomic E-state index is 13.7. The van der Waals surface area contributed by atoms with Gasteiger partial charge < -0.3 is 59.2 Å². The highest BCUT2D eigenvalue weighted by molar-refractivity contribution is 7.46. The van der Waals surface area contributed by atoms with E-state index in [1.54, 1.807) is 0 Å². The number of ether oxygens (including phenoxy) is 5. The minimum atomic E-state index is -5.41. The summed E-state index contributed by atoms with van der Waals surface area (Å²) in [5.41, 5.74) is 0. The van der Waals surface area contributed by atoms with Crippen LogP contribution in [0.5, 0.6) is 0 Å². The van der Waals surface area contributed by atoms with Crippen LogP contribution in [0.4, 0.5) is 0 Å². The third kappa shape index (κ3) is 25.7. The van der Waals surface area contributed by atoms with Crippen LogP contribution < -0.4 is 5.32 Å². The fourth-order valence-corrected chi connectivity index (χ4v) is 9.10. The Hall–Kier alpha value is -1.76. The molecule has 0 aromatic carbocycles. The highest BCUT2D eigenvalue weighted by Gasteiger charge is 2.54. The molecule has 2 rings (SSSR count). The summed E-state index contributed by atoms with van der Waals surface area (Å²) in [7, 11) is -5.41. The van der Waals surface area contributed by atoms with E-state index < -0.39 is 100 Å². The topological polar surface area (TPSA) is 257 Å². The molecule has 2 aliphatic heterocycles. The number of hydrogen-bond acceptors (Lipinski definition) is 14. The van der Waals surface area contributed by atoms with E-state index in [4.69, 9.17) is 28.2 Å². The van der Waals surface area contributed by atoms with Gasteiger partial charge in [0.05, 0.1) is 13.2 Å². The first kappa shape index (κ1) is 60.4. The molecule has 0 spiro atoms. The number of amides is 1. The number of carbonyl (C=O) groups excluding carboxylic acids is 3. The van der Waals surface area contributed by atoms with Gasteiger partial charge in [-0.3, -0.25) is 18.9 Å². The number of phosphoric acid groups is 1. The van der Waals surface area contributed by atoms with Gasteiger partial charge in [-0.05, 0) is 19.3 Å². The fraction of sp³-hybridized carbons (Fsp3) is 0.938. The molecule has 18 heteroatoms. The molecule has 0 aliphatic carbocycles. The lowest BCUT2D eigenvalue weighted by Crippen LogP contribution is -2.67. The molecular weight excluding hydrogens is 877 g/mol. The lowest BCUT2D eigenvalue weighted by atomic mass is 9.95. The van der Waals surface area contributed by atoms with Crippen molar-refractivity contribution in [2.24, 2.45) is 0 Å². The lowest BCUT2D eigenvalue weighted by molar-refractivity contribution is -0.318. The van der Waals surface area contributed by atoms with Gasteiger partial charge in [0.25, 0.3) is 0 Å². The Kier molecular flexibility index (Phi) is 33.1. The van der Waals surface area contributed by atoms with Crippen LogP contribution in [-0.4, -0.2) is 123 Å². The van der Waals surface area contributed by atoms with E-state index >= 15 is 0 Å². The summed E-state index contributed by atoms with van der Waals surface area (Å²) < 4.78 is 47.1. The van der Waals surface area contributed by atoms with E-state index in [0.717, 1.165) is 89.9 Å². The zero-order valence-corrected chi connectivity index (χ0v) is 41.5. The van der Waals surface area contributed by atoms with E-state index in [1.165, 1.54) is 64.2 Å². The maximum Gasteiger partial charge on any atom is 0.470 e. The van der Waals surface area contributed by atoms with Crippen molar-refractivity contribution in [3.63, 3.8) is 0 Å². The average Bonchev–Trinajstić information content (AvgIpc) is 3.28. The quantitative estimate of drug-likeness (QED) is 0.0177. The van der Waals surface area contributed by atoms with Gasteiger partial charge in [-0.2, -0.15) is 0 Å². The van der Waals surface area contributed by atoms with E-state index in [-0.39, 0.29) is 19.3 Å². The minimum absolute atomic E-state index is 0.00626. The molecular formula is C48H90NO16P. The largest absolute Gasteiger partial charge is 0.470 e. The van der Waals surface area contributed by atoms with E-state index in [9.17, 15) is 49.2 Å². The van der Waals surface area contributed by atoms with Gasteiger partial charge in [-0.15, -0.1) is 0 Å². The van der Waals surface area contributed by atoms with E-state index in [1.807, 2.05) is 0 Å². The molecule has 2 fully saturated rings. The Morgan fingerprint density at radius 1 is 0.515 bits per heavy atom. The van der Waals surface area contributed by atoms with Crippen LogP contribution in [0.3, 0.4) is 0 Å². The number of nitrogens with one attached hydrogen (secondary N) is 1. The molecule has 1 amide bonds. The van der Waals surface area contributed by atoms with Gasteiger partial charge in [0.1, 0.15) is 42.7 Å². The molecule has 2 saturated heterocycles. The zero-order valence-electron chi connectivity index (χ0n) is 40.6. The van der Waals surface area contributed by atoms with Crippen molar-refractivity contribution in [3.05, 3.63) is 0 Å². The van der Waals surface area contributed by atoms with Gasteiger partial charge in [0.2, 0.25) is 12.2 Å². The van der Waals surface area contributed by atoms with Crippen molar-refractivity contribution in [2.45, 2.75) is 275 Å². The van der Waals surface area contributed by atoms with Gasteiger partial charge in [0, 0.05) is 19.3 Å². The Morgan fingerprint density at radius 2 is 0.924 bits per heavy atom. The van der Waals surface area contributed by atoms with Crippen molar-refractivity contribution in [3.8, 4) is 0 Å². The van der Waals surface area contributed by atoms with E-state index in [0.29, 0.717) is 19.3 Å². The zero-order chi connectivity index (χ0) is 48.6. The summed E-state index contributed by atoms with van der Waals surface area (Å²) >= 11 is 0. The van der Waals surface area contributed by atoms with Crippen LogP contribution in [0, 0.1) is 0 Å². The van der Waals surface area contributed by atoms with Crippen LogP contribution in [0.15, 0.2) is 0 Å². The Bertz CT molecular complexity index is 1320. The van der Waals surface area contributed by atoms with Crippen molar-refractivity contribution in [1.29, 1.82) is 0 Å². The molecule has 0 radical (unpaired) electrons. The van der Waals surface area contributed by atoms with Gasteiger partial charge in [-0.1, -0.05) is 175 Å². The molecule has 0 saturated carbocycles. The third-order valence-electron chi connectivity index (χ3n) is 12.5. The first-order valence-corrected chi connectivity index (χ1v) is 27.3. The molecule has 2 heterocycles. The number of carbonyl (C=O) groups is 3. The van der Waals surface area contributed by atoms with Crippen molar-refractivity contribution < 1.29 is 77.4 Å². The lowest BCUT2D eigenvalue weighted by Gasteiger charge is -2.46. The normalized spacial score (nSPS) is 25.7. The van der Waals surface area contributed by atoms with Crippen molar-refractivity contribution >= 4 is 25.7 Å². The number of unbranched alkanes of at least 4 members (excludes halogenated alkanes) is 24. The number of aliphatic hydroxyl groups excluding tert-OH is 4. The second-order valence-corrected chi connectivity index (χ2v) is 19.6. The maximum atomic E-state index is 13.7.